The summed E-state index contributed by atoms with van der Waals surface area (Å²) >= 11 is 0. The first-order chi connectivity index (χ1) is 15.2. The van der Waals surface area contributed by atoms with Gasteiger partial charge in [0.25, 0.3) is 0 Å². The number of nitrogens with zero attached hydrogens (tertiary/aromatic N) is 3. The van der Waals surface area contributed by atoms with Gasteiger partial charge in [0.1, 0.15) is 17.7 Å². The van der Waals surface area contributed by atoms with Gasteiger partial charge in [0.15, 0.2) is 11.5 Å². The summed E-state index contributed by atoms with van der Waals surface area (Å²) in [6.07, 6.45) is -2.74. The number of benzene rings is 1. The van der Waals surface area contributed by atoms with E-state index < -0.39 is 11.7 Å². The molecule has 10 heteroatoms. The number of methoxy groups -OCH3 is 2. The normalized spacial score (nSPS) is 12.6. The molecule has 3 aromatic rings. The van der Waals surface area contributed by atoms with E-state index in [9.17, 15) is 13.2 Å². The molecule has 7 nitrogen and oxygen atoms in total. The highest BCUT2D eigenvalue weighted by molar-refractivity contribution is 5.91. The second-order valence-electron chi connectivity index (χ2n) is 7.13. The highest BCUT2D eigenvalue weighted by Gasteiger charge is 2.30. The quantitative estimate of drug-likeness (QED) is 0.503. The highest BCUT2D eigenvalue weighted by Crippen LogP contribution is 2.35. The number of hydrogen-bond acceptors (Lipinski definition) is 7. The zero-order chi connectivity index (χ0) is 23.3. The lowest BCUT2D eigenvalue weighted by Crippen LogP contribution is -2.21. The lowest BCUT2D eigenvalue weighted by molar-refractivity contribution is -0.137. The van der Waals surface area contributed by atoms with E-state index in [1.807, 2.05) is 6.92 Å². The fraction of sp³-hybridized carbons (Fsp3) is 0.409. The Morgan fingerprint density at radius 1 is 1.09 bits per heavy atom. The number of pyridine rings is 1. The third-order valence-corrected chi connectivity index (χ3v) is 4.78. The molecule has 2 heterocycles. The molecule has 1 atom stereocenters. The monoisotopic (exact) mass is 450 g/mol. The van der Waals surface area contributed by atoms with Crippen molar-refractivity contribution in [2.24, 2.45) is 0 Å². The van der Waals surface area contributed by atoms with E-state index in [4.69, 9.17) is 14.2 Å². The molecular formula is C22H25F3N4O3. The van der Waals surface area contributed by atoms with Crippen molar-refractivity contribution in [3.8, 4) is 11.5 Å². The smallest absolute Gasteiger partial charge is 0.416 e. The van der Waals surface area contributed by atoms with Gasteiger partial charge in [-0.2, -0.15) is 13.2 Å². The Morgan fingerprint density at radius 2 is 1.88 bits per heavy atom. The second-order valence-corrected chi connectivity index (χ2v) is 7.13. The average Bonchev–Trinajstić information content (AvgIpc) is 2.76. The summed E-state index contributed by atoms with van der Waals surface area (Å²) in [5, 5.41) is 3.72. The summed E-state index contributed by atoms with van der Waals surface area (Å²) in [4.78, 5) is 12.9. The number of aromatic nitrogens is 3. The minimum absolute atomic E-state index is 0.0545. The van der Waals surface area contributed by atoms with E-state index in [-0.39, 0.29) is 18.3 Å². The fourth-order valence-electron chi connectivity index (χ4n) is 3.17. The van der Waals surface area contributed by atoms with E-state index >= 15 is 0 Å². The van der Waals surface area contributed by atoms with Crippen LogP contribution in [0.25, 0.3) is 10.9 Å². The van der Waals surface area contributed by atoms with Crippen molar-refractivity contribution >= 4 is 16.7 Å². The number of hydrogen-bond donors (Lipinski definition) is 1. The number of alkyl halides is 3. The van der Waals surface area contributed by atoms with Gasteiger partial charge in [-0.3, -0.25) is 4.98 Å². The summed E-state index contributed by atoms with van der Waals surface area (Å²) in [6.45, 7) is 4.18. The molecular weight excluding hydrogens is 425 g/mol. The molecule has 1 aromatic carbocycles. The van der Waals surface area contributed by atoms with Crippen molar-refractivity contribution in [2.75, 3.05) is 26.1 Å². The van der Waals surface area contributed by atoms with Crippen LogP contribution in [0.3, 0.4) is 0 Å². The molecule has 0 fully saturated rings. The Morgan fingerprint density at radius 3 is 2.53 bits per heavy atom. The van der Waals surface area contributed by atoms with Crippen LogP contribution in [0.1, 0.15) is 30.4 Å². The van der Waals surface area contributed by atoms with Crippen LogP contribution in [0.4, 0.5) is 19.0 Å². The van der Waals surface area contributed by atoms with Crippen molar-refractivity contribution in [1.82, 2.24) is 15.0 Å². The lowest BCUT2D eigenvalue weighted by atomic mass is 10.2. The molecule has 1 N–H and O–H groups in total. The van der Waals surface area contributed by atoms with Crippen LogP contribution in [-0.4, -0.2) is 41.9 Å². The molecule has 0 aliphatic rings. The van der Waals surface area contributed by atoms with Gasteiger partial charge in [-0.25, -0.2) is 9.97 Å². The highest BCUT2D eigenvalue weighted by atomic mass is 19.4. The first-order valence-corrected chi connectivity index (χ1v) is 10.0. The largest absolute Gasteiger partial charge is 0.493 e. The first kappa shape index (κ1) is 23.5. The Labute approximate surface area is 184 Å². The number of rotatable bonds is 9. The number of ether oxygens (including phenoxy) is 3. The third kappa shape index (κ3) is 5.56. The predicted octanol–water partition coefficient (Wildman–Crippen LogP) is 4.78. The molecule has 1 unspecified atom stereocenters. The molecule has 0 saturated heterocycles. The van der Waals surface area contributed by atoms with Crippen LogP contribution < -0.4 is 14.8 Å². The Hall–Kier alpha value is -3.14. The first-order valence-electron chi connectivity index (χ1n) is 10.0. The second kappa shape index (κ2) is 9.99. The van der Waals surface area contributed by atoms with E-state index in [0.29, 0.717) is 40.7 Å². The molecule has 172 valence electrons. The molecule has 0 radical (unpaired) electrons. The molecule has 3 rings (SSSR count). The fourth-order valence-corrected chi connectivity index (χ4v) is 3.17. The van der Waals surface area contributed by atoms with Crippen molar-refractivity contribution in [3.05, 3.63) is 47.5 Å². The Kier molecular flexibility index (Phi) is 7.34. The molecule has 2 aromatic heterocycles. The molecule has 32 heavy (non-hydrogen) atoms. The molecule has 0 bridgehead atoms. The maximum Gasteiger partial charge on any atom is 0.416 e. The topological polar surface area (TPSA) is 78.4 Å². The number of anilines is 1. The molecule has 0 amide bonds. The van der Waals surface area contributed by atoms with E-state index in [0.717, 1.165) is 24.8 Å². The summed E-state index contributed by atoms with van der Waals surface area (Å²) in [6, 6.07) is 5.45. The van der Waals surface area contributed by atoms with Gasteiger partial charge >= 0.3 is 6.18 Å². The van der Waals surface area contributed by atoms with Crippen molar-refractivity contribution in [2.45, 2.75) is 39.1 Å². The van der Waals surface area contributed by atoms with Crippen LogP contribution in [0.5, 0.6) is 11.5 Å². The zero-order valence-corrected chi connectivity index (χ0v) is 18.3. The maximum absolute atomic E-state index is 13.0. The van der Waals surface area contributed by atoms with Crippen LogP contribution in [-0.2, 0) is 17.5 Å². The van der Waals surface area contributed by atoms with Gasteiger partial charge < -0.3 is 19.5 Å². The minimum atomic E-state index is -4.43. The summed E-state index contributed by atoms with van der Waals surface area (Å²) in [5.41, 5.74) is 0.0959. The predicted molar refractivity (Wildman–Crippen MR) is 114 cm³/mol. The van der Waals surface area contributed by atoms with Crippen LogP contribution in [0, 0.1) is 6.92 Å². The van der Waals surface area contributed by atoms with Gasteiger partial charge in [0.05, 0.1) is 37.0 Å². The van der Waals surface area contributed by atoms with Gasteiger partial charge in [0.2, 0.25) is 0 Å². The van der Waals surface area contributed by atoms with Gasteiger partial charge in [-0.1, -0.05) is 6.92 Å². The molecule has 0 aliphatic heterocycles. The van der Waals surface area contributed by atoms with Crippen molar-refractivity contribution < 1.29 is 27.4 Å². The standard InChI is InChI=1S/C22H25F3N4O3/c1-5-16(12-30-3)32-20-9-17-18(10-19(20)31-4)28-13(2)29-21(17)27-11-15-8-14(6-7-26-15)22(23,24)25/h6-10,16H,5,11-12H2,1-4H3,(H,27,28,29). The van der Waals surface area contributed by atoms with Crippen LogP contribution >= 0.6 is 0 Å². The maximum atomic E-state index is 13.0. The SMILES string of the molecule is CCC(COC)Oc1cc2c(NCc3cc(C(F)(F)F)ccn3)nc(C)nc2cc1OC. The van der Waals surface area contributed by atoms with Gasteiger partial charge in [-0.15, -0.1) is 0 Å². The third-order valence-electron chi connectivity index (χ3n) is 4.78. The number of fused-ring (bicyclic) bond motifs is 1. The lowest BCUT2D eigenvalue weighted by Gasteiger charge is -2.19. The summed E-state index contributed by atoms with van der Waals surface area (Å²) in [5.74, 6) is 1.96. The van der Waals surface area contributed by atoms with Crippen LogP contribution in [0.15, 0.2) is 30.5 Å². The Bertz CT molecular complexity index is 1080. The van der Waals surface area contributed by atoms with Crippen molar-refractivity contribution in [1.29, 1.82) is 0 Å². The average molecular weight is 450 g/mol. The van der Waals surface area contributed by atoms with E-state index in [2.05, 4.69) is 20.3 Å². The van der Waals surface area contributed by atoms with Gasteiger partial charge in [-0.05, 0) is 31.5 Å². The van der Waals surface area contributed by atoms with Crippen LogP contribution in [0.2, 0.25) is 0 Å². The summed E-state index contributed by atoms with van der Waals surface area (Å²) < 4.78 is 55.7. The number of nitrogens with one attached hydrogen (secondary N) is 1. The molecule has 0 saturated carbocycles. The number of aryl methyl sites for hydroxylation is 1. The van der Waals surface area contributed by atoms with Crippen molar-refractivity contribution in [3.63, 3.8) is 0 Å². The van der Waals surface area contributed by atoms with E-state index in [1.54, 1.807) is 26.2 Å². The summed E-state index contributed by atoms with van der Waals surface area (Å²) in [7, 11) is 3.14. The zero-order valence-electron chi connectivity index (χ0n) is 18.3. The van der Waals surface area contributed by atoms with Gasteiger partial charge in [0, 0.05) is 24.8 Å². The van der Waals surface area contributed by atoms with E-state index in [1.165, 1.54) is 7.11 Å². The molecule has 0 aliphatic carbocycles. The Balaban J connectivity index is 1.95. The minimum Gasteiger partial charge on any atom is -0.493 e. The molecule has 0 spiro atoms. The number of halogens is 3.